The molecule has 1 amide bonds. The molecule has 5 heteroatoms. The van der Waals surface area contributed by atoms with E-state index in [1.54, 1.807) is 0 Å². The Bertz CT molecular complexity index is 406. The second kappa shape index (κ2) is 2.77. The Morgan fingerprint density at radius 2 is 2.08 bits per heavy atom. The van der Waals surface area contributed by atoms with Crippen molar-refractivity contribution in [2.75, 3.05) is 0 Å². The van der Waals surface area contributed by atoms with Crippen molar-refractivity contribution in [1.82, 2.24) is 5.32 Å². The number of halogens is 3. The first kappa shape index (κ1) is 8.62. The molecule has 0 fully saturated rings. The number of hydrogen-bond acceptors (Lipinski definition) is 1. The zero-order valence-electron chi connectivity index (χ0n) is 6.33. The van der Waals surface area contributed by atoms with E-state index in [1.165, 1.54) is 6.07 Å². The van der Waals surface area contributed by atoms with Crippen LogP contribution < -0.4 is 5.32 Å². The van der Waals surface area contributed by atoms with Crippen LogP contribution in [0.15, 0.2) is 10.5 Å². The van der Waals surface area contributed by atoms with Gasteiger partial charge in [-0.05, 0) is 22.0 Å². The molecule has 1 aliphatic rings. The molecule has 68 valence electrons. The number of nitrogens with one attached hydrogen (secondary N) is 1. The Kier molecular flexibility index (Phi) is 1.83. The fourth-order valence-electron chi connectivity index (χ4n) is 1.27. The van der Waals surface area contributed by atoms with E-state index in [0.29, 0.717) is 0 Å². The summed E-state index contributed by atoms with van der Waals surface area (Å²) in [6.45, 7) is 0.0597. The van der Waals surface area contributed by atoms with E-state index in [4.69, 9.17) is 0 Å². The highest BCUT2D eigenvalue weighted by atomic mass is 79.9. The number of hydrogen-bond donors (Lipinski definition) is 1. The van der Waals surface area contributed by atoms with E-state index in [1.807, 2.05) is 0 Å². The molecule has 2 nitrogen and oxygen atoms in total. The predicted molar refractivity (Wildman–Crippen MR) is 45.2 cm³/mol. The highest BCUT2D eigenvalue weighted by molar-refractivity contribution is 9.10. The molecular formula is C8H4BrF2NO. The number of amides is 1. The lowest BCUT2D eigenvalue weighted by Gasteiger charge is -2.01. The largest absolute Gasteiger partial charge is 0.348 e. The van der Waals surface area contributed by atoms with Gasteiger partial charge in [0.1, 0.15) is 0 Å². The van der Waals surface area contributed by atoms with Crippen LogP contribution in [0.5, 0.6) is 0 Å². The van der Waals surface area contributed by atoms with Crippen LogP contribution in [0.25, 0.3) is 0 Å². The van der Waals surface area contributed by atoms with Crippen LogP contribution in [-0.4, -0.2) is 5.91 Å². The smallest absolute Gasteiger partial charge is 0.252 e. The summed E-state index contributed by atoms with van der Waals surface area (Å²) in [5, 5.41) is 2.41. The van der Waals surface area contributed by atoms with Crippen molar-refractivity contribution in [3.63, 3.8) is 0 Å². The highest BCUT2D eigenvalue weighted by Crippen LogP contribution is 2.27. The Hall–Kier alpha value is -0.970. The van der Waals surface area contributed by atoms with Gasteiger partial charge >= 0.3 is 0 Å². The molecule has 0 aliphatic carbocycles. The van der Waals surface area contributed by atoms with Gasteiger partial charge in [-0.1, -0.05) is 0 Å². The highest BCUT2D eigenvalue weighted by Gasteiger charge is 2.26. The molecule has 1 aromatic carbocycles. The Labute approximate surface area is 81.1 Å². The third-order valence-corrected chi connectivity index (χ3v) is 2.51. The first-order valence-electron chi connectivity index (χ1n) is 3.56. The average Bonchev–Trinajstić information content (AvgIpc) is 2.45. The molecule has 1 aromatic rings. The third-order valence-electron chi connectivity index (χ3n) is 1.93. The summed E-state index contributed by atoms with van der Waals surface area (Å²) in [4.78, 5) is 11.1. The van der Waals surface area contributed by atoms with Crippen molar-refractivity contribution < 1.29 is 13.6 Å². The van der Waals surface area contributed by atoms with E-state index >= 15 is 0 Å². The third kappa shape index (κ3) is 1.14. The molecule has 0 saturated heterocycles. The van der Waals surface area contributed by atoms with Gasteiger partial charge in [0.25, 0.3) is 5.91 Å². The van der Waals surface area contributed by atoms with Crippen molar-refractivity contribution in [2.24, 2.45) is 0 Å². The first-order chi connectivity index (χ1) is 6.11. The van der Waals surface area contributed by atoms with Gasteiger partial charge in [0.05, 0.1) is 4.47 Å². The molecule has 13 heavy (non-hydrogen) atoms. The van der Waals surface area contributed by atoms with Gasteiger partial charge in [-0.15, -0.1) is 0 Å². The normalized spacial score (nSPS) is 14.2. The topological polar surface area (TPSA) is 29.1 Å². The van der Waals surface area contributed by atoms with Crippen LogP contribution in [-0.2, 0) is 6.54 Å². The van der Waals surface area contributed by atoms with E-state index in [2.05, 4.69) is 21.2 Å². The maximum atomic E-state index is 13.1. The number of rotatable bonds is 0. The zero-order chi connectivity index (χ0) is 9.59. The number of carbonyl (C=O) groups excluding carboxylic acids is 1. The Balaban J connectivity index is 2.74. The van der Waals surface area contributed by atoms with E-state index in [0.717, 1.165) is 0 Å². The number of fused-ring (bicyclic) bond motifs is 1. The standard InChI is InChI=1S/C8H4BrF2NO/c9-5-1-3-4(2-12-8(3)13)6(10)7(5)11/h1H,2H2,(H,12,13). The lowest BCUT2D eigenvalue weighted by molar-refractivity contribution is 0.0965. The Morgan fingerprint density at radius 3 is 2.77 bits per heavy atom. The second-order valence-electron chi connectivity index (χ2n) is 2.70. The molecule has 0 bridgehead atoms. The lowest BCUT2D eigenvalue weighted by Crippen LogP contribution is -2.12. The van der Waals surface area contributed by atoms with Crippen LogP contribution in [0.2, 0.25) is 0 Å². The average molecular weight is 248 g/mol. The SMILES string of the molecule is O=C1NCc2c1cc(Br)c(F)c2F. The summed E-state index contributed by atoms with van der Waals surface area (Å²) in [5.74, 6) is -2.27. The molecule has 0 saturated carbocycles. The van der Waals surface area contributed by atoms with Crippen LogP contribution >= 0.6 is 15.9 Å². The van der Waals surface area contributed by atoms with Crippen molar-refractivity contribution in [2.45, 2.75) is 6.54 Å². The van der Waals surface area contributed by atoms with Crippen LogP contribution in [0, 0.1) is 11.6 Å². The Morgan fingerprint density at radius 1 is 1.38 bits per heavy atom. The minimum absolute atomic E-state index is 0.0270. The fraction of sp³-hybridized carbons (Fsp3) is 0.125. The summed E-state index contributed by atoms with van der Waals surface area (Å²) in [6.07, 6.45) is 0. The van der Waals surface area contributed by atoms with Gasteiger partial charge in [-0.25, -0.2) is 8.78 Å². The quantitative estimate of drug-likeness (QED) is 0.698. The van der Waals surface area contributed by atoms with Gasteiger partial charge in [0, 0.05) is 17.7 Å². The summed E-state index contributed by atoms with van der Waals surface area (Å²) in [5.41, 5.74) is 0.302. The molecule has 1 aliphatic heterocycles. The molecule has 0 unspecified atom stereocenters. The van der Waals surface area contributed by atoms with Crippen molar-refractivity contribution in [3.8, 4) is 0 Å². The molecule has 1 N–H and O–H groups in total. The maximum absolute atomic E-state index is 13.1. The summed E-state index contributed by atoms with van der Waals surface area (Å²) >= 11 is 2.83. The molecular weight excluding hydrogens is 244 g/mol. The van der Waals surface area contributed by atoms with Crippen LogP contribution in [0.4, 0.5) is 8.78 Å². The zero-order valence-corrected chi connectivity index (χ0v) is 7.91. The van der Waals surface area contributed by atoms with Crippen molar-refractivity contribution in [3.05, 3.63) is 33.3 Å². The van der Waals surface area contributed by atoms with Gasteiger partial charge in [0.15, 0.2) is 11.6 Å². The summed E-state index contributed by atoms with van der Waals surface area (Å²) < 4.78 is 26.1. The molecule has 2 rings (SSSR count). The monoisotopic (exact) mass is 247 g/mol. The van der Waals surface area contributed by atoms with Gasteiger partial charge in [-0.3, -0.25) is 4.79 Å². The molecule has 0 radical (unpaired) electrons. The van der Waals surface area contributed by atoms with Crippen LogP contribution in [0.1, 0.15) is 15.9 Å². The van der Waals surface area contributed by atoms with Crippen LogP contribution in [0.3, 0.4) is 0 Å². The first-order valence-corrected chi connectivity index (χ1v) is 4.35. The predicted octanol–water partition coefficient (Wildman–Crippen LogP) is 1.97. The van der Waals surface area contributed by atoms with Gasteiger partial charge in [0.2, 0.25) is 0 Å². The minimum Gasteiger partial charge on any atom is -0.348 e. The van der Waals surface area contributed by atoms with Crippen molar-refractivity contribution >= 4 is 21.8 Å². The molecule has 1 heterocycles. The summed E-state index contributed by atoms with van der Waals surface area (Å²) in [6, 6.07) is 1.29. The second-order valence-corrected chi connectivity index (χ2v) is 3.55. The number of benzene rings is 1. The van der Waals surface area contributed by atoms with Crippen molar-refractivity contribution in [1.29, 1.82) is 0 Å². The van der Waals surface area contributed by atoms with Gasteiger partial charge in [-0.2, -0.15) is 0 Å². The molecule has 0 aromatic heterocycles. The maximum Gasteiger partial charge on any atom is 0.252 e. The minimum atomic E-state index is -0.956. The molecule has 0 atom stereocenters. The van der Waals surface area contributed by atoms with E-state index < -0.39 is 11.6 Å². The fourth-order valence-corrected chi connectivity index (χ4v) is 1.68. The molecule has 0 spiro atoms. The number of carbonyl (C=O) groups is 1. The van der Waals surface area contributed by atoms with E-state index in [9.17, 15) is 13.6 Å². The van der Waals surface area contributed by atoms with Gasteiger partial charge < -0.3 is 5.32 Å². The lowest BCUT2D eigenvalue weighted by atomic mass is 10.1. The summed E-state index contributed by atoms with van der Waals surface area (Å²) in [7, 11) is 0. The van der Waals surface area contributed by atoms with E-state index in [-0.39, 0.29) is 28.1 Å².